The normalized spacial score (nSPS) is 10.6. The summed E-state index contributed by atoms with van der Waals surface area (Å²) in [6.07, 6.45) is 0.539. The summed E-state index contributed by atoms with van der Waals surface area (Å²) in [5.74, 6) is 0.828. The standard InChI is InChI=1S/C18H20OS/c1-13-8-6-9-14(2)17(13)11-16(19)12-20-18-10-5-4-7-15(18)3/h4-10H,11-12H2,1-3H3. The van der Waals surface area contributed by atoms with Gasteiger partial charge in [-0.15, -0.1) is 11.8 Å². The molecule has 0 atom stereocenters. The molecule has 0 bridgehead atoms. The molecule has 0 saturated heterocycles. The van der Waals surface area contributed by atoms with Crippen molar-refractivity contribution in [3.8, 4) is 0 Å². The summed E-state index contributed by atoms with van der Waals surface area (Å²) in [5, 5.41) is 0. The molecule has 0 heterocycles. The quantitative estimate of drug-likeness (QED) is 0.751. The van der Waals surface area contributed by atoms with Gasteiger partial charge in [0, 0.05) is 11.3 Å². The molecule has 2 heteroatoms. The van der Waals surface area contributed by atoms with E-state index in [0.29, 0.717) is 12.2 Å². The zero-order chi connectivity index (χ0) is 14.5. The van der Waals surface area contributed by atoms with Gasteiger partial charge in [0.2, 0.25) is 0 Å². The average Bonchev–Trinajstić information content (AvgIpc) is 2.42. The smallest absolute Gasteiger partial charge is 0.147 e. The van der Waals surface area contributed by atoms with Crippen LogP contribution < -0.4 is 0 Å². The highest BCUT2D eigenvalue weighted by atomic mass is 32.2. The van der Waals surface area contributed by atoms with Gasteiger partial charge in [-0.05, 0) is 49.1 Å². The number of rotatable bonds is 5. The molecule has 0 aliphatic heterocycles. The molecule has 1 nitrogen and oxygen atoms in total. The SMILES string of the molecule is Cc1ccccc1SCC(=O)Cc1c(C)cccc1C. The lowest BCUT2D eigenvalue weighted by Crippen LogP contribution is -2.08. The predicted octanol–water partition coefficient (Wildman–Crippen LogP) is 4.52. The van der Waals surface area contributed by atoms with Crippen molar-refractivity contribution in [1.29, 1.82) is 0 Å². The molecule has 0 saturated carbocycles. The summed E-state index contributed by atoms with van der Waals surface area (Å²) < 4.78 is 0. The van der Waals surface area contributed by atoms with Crippen LogP contribution in [0.5, 0.6) is 0 Å². The lowest BCUT2D eigenvalue weighted by Gasteiger charge is -2.09. The van der Waals surface area contributed by atoms with Crippen LogP contribution in [0.3, 0.4) is 0 Å². The van der Waals surface area contributed by atoms with Gasteiger partial charge >= 0.3 is 0 Å². The third kappa shape index (κ3) is 3.73. The van der Waals surface area contributed by atoms with Crippen molar-refractivity contribution in [3.05, 3.63) is 64.7 Å². The largest absolute Gasteiger partial charge is 0.298 e. The molecule has 2 aromatic carbocycles. The Morgan fingerprint density at radius 1 is 0.900 bits per heavy atom. The molecule has 0 fully saturated rings. The van der Waals surface area contributed by atoms with E-state index in [1.807, 2.05) is 18.2 Å². The van der Waals surface area contributed by atoms with E-state index in [4.69, 9.17) is 0 Å². The summed E-state index contributed by atoms with van der Waals surface area (Å²) in [7, 11) is 0. The Hall–Kier alpha value is -1.54. The van der Waals surface area contributed by atoms with Crippen LogP contribution in [0.15, 0.2) is 47.4 Å². The maximum absolute atomic E-state index is 12.2. The summed E-state index contributed by atoms with van der Waals surface area (Å²) in [6, 6.07) is 14.4. The van der Waals surface area contributed by atoms with Crippen LogP contribution in [0, 0.1) is 20.8 Å². The van der Waals surface area contributed by atoms with Crippen molar-refractivity contribution in [3.63, 3.8) is 0 Å². The van der Waals surface area contributed by atoms with Crippen LogP contribution in [0.1, 0.15) is 22.3 Å². The molecular formula is C18H20OS. The summed E-state index contributed by atoms with van der Waals surface area (Å²) in [5.41, 5.74) is 4.83. The Kier molecular flexibility index (Phi) is 5.02. The van der Waals surface area contributed by atoms with E-state index in [-0.39, 0.29) is 5.78 Å². The fourth-order valence-electron chi connectivity index (χ4n) is 2.25. The molecule has 0 N–H and O–H groups in total. The van der Waals surface area contributed by atoms with Gasteiger partial charge < -0.3 is 0 Å². The molecule has 20 heavy (non-hydrogen) atoms. The number of carbonyl (C=O) groups excluding carboxylic acids is 1. The second-order valence-corrected chi connectivity index (χ2v) is 6.16. The average molecular weight is 284 g/mol. The number of ketones is 1. The van der Waals surface area contributed by atoms with Gasteiger partial charge in [-0.25, -0.2) is 0 Å². The zero-order valence-corrected chi connectivity index (χ0v) is 13.1. The van der Waals surface area contributed by atoms with E-state index >= 15 is 0 Å². The molecule has 0 radical (unpaired) electrons. The van der Waals surface area contributed by atoms with Crippen molar-refractivity contribution in [2.24, 2.45) is 0 Å². The van der Waals surface area contributed by atoms with Crippen molar-refractivity contribution in [1.82, 2.24) is 0 Å². The second kappa shape index (κ2) is 6.76. The van der Waals surface area contributed by atoms with E-state index < -0.39 is 0 Å². The highest BCUT2D eigenvalue weighted by molar-refractivity contribution is 8.00. The molecule has 0 unspecified atom stereocenters. The Morgan fingerprint density at radius 3 is 2.15 bits per heavy atom. The van der Waals surface area contributed by atoms with Crippen LogP contribution in [-0.4, -0.2) is 11.5 Å². The molecule has 2 rings (SSSR count). The van der Waals surface area contributed by atoms with Crippen LogP contribution in [0.25, 0.3) is 0 Å². The van der Waals surface area contributed by atoms with Gasteiger partial charge in [0.15, 0.2) is 0 Å². The van der Waals surface area contributed by atoms with E-state index in [2.05, 4.69) is 45.0 Å². The van der Waals surface area contributed by atoms with Crippen LogP contribution in [0.2, 0.25) is 0 Å². The summed E-state index contributed by atoms with van der Waals surface area (Å²) in [4.78, 5) is 13.4. The molecule has 0 spiro atoms. The lowest BCUT2D eigenvalue weighted by atomic mass is 9.99. The van der Waals surface area contributed by atoms with Gasteiger partial charge in [-0.2, -0.15) is 0 Å². The zero-order valence-electron chi connectivity index (χ0n) is 12.3. The van der Waals surface area contributed by atoms with E-state index in [1.165, 1.54) is 27.1 Å². The topological polar surface area (TPSA) is 17.1 Å². The monoisotopic (exact) mass is 284 g/mol. The fraction of sp³-hybridized carbons (Fsp3) is 0.278. The van der Waals surface area contributed by atoms with Gasteiger partial charge in [0.05, 0.1) is 5.75 Å². The van der Waals surface area contributed by atoms with Gasteiger partial charge in [0.1, 0.15) is 5.78 Å². The molecule has 2 aromatic rings. The van der Waals surface area contributed by atoms with Crippen LogP contribution in [0.4, 0.5) is 0 Å². The second-order valence-electron chi connectivity index (χ2n) is 5.14. The minimum Gasteiger partial charge on any atom is -0.298 e. The third-order valence-electron chi connectivity index (χ3n) is 3.50. The minimum absolute atomic E-state index is 0.288. The molecule has 0 amide bonds. The highest BCUT2D eigenvalue weighted by Crippen LogP contribution is 2.23. The Morgan fingerprint density at radius 2 is 1.50 bits per heavy atom. The maximum atomic E-state index is 12.2. The fourth-order valence-corrected chi connectivity index (χ4v) is 3.14. The van der Waals surface area contributed by atoms with Crippen molar-refractivity contribution in [2.75, 3.05) is 5.75 Å². The van der Waals surface area contributed by atoms with Gasteiger partial charge in [-0.3, -0.25) is 4.79 Å². The minimum atomic E-state index is 0.288. The third-order valence-corrected chi connectivity index (χ3v) is 4.74. The molecule has 0 aliphatic carbocycles. The molecular weight excluding hydrogens is 264 g/mol. The number of hydrogen-bond donors (Lipinski definition) is 0. The first-order valence-electron chi connectivity index (χ1n) is 6.83. The first-order valence-corrected chi connectivity index (χ1v) is 7.81. The number of benzene rings is 2. The first kappa shape index (κ1) is 14.9. The van der Waals surface area contributed by atoms with Crippen molar-refractivity contribution < 1.29 is 4.79 Å². The molecule has 0 aliphatic rings. The Bertz CT molecular complexity index is 596. The molecule has 104 valence electrons. The summed E-state index contributed by atoms with van der Waals surface area (Å²) >= 11 is 1.64. The van der Waals surface area contributed by atoms with Crippen LogP contribution in [-0.2, 0) is 11.2 Å². The van der Waals surface area contributed by atoms with Crippen molar-refractivity contribution in [2.45, 2.75) is 32.1 Å². The first-order chi connectivity index (χ1) is 9.58. The number of hydrogen-bond acceptors (Lipinski definition) is 2. The lowest BCUT2D eigenvalue weighted by molar-refractivity contribution is -0.116. The van der Waals surface area contributed by atoms with E-state index in [0.717, 1.165) is 0 Å². The predicted molar refractivity (Wildman–Crippen MR) is 86.5 cm³/mol. The maximum Gasteiger partial charge on any atom is 0.147 e. The molecule has 0 aromatic heterocycles. The highest BCUT2D eigenvalue weighted by Gasteiger charge is 2.09. The summed E-state index contributed by atoms with van der Waals surface area (Å²) in [6.45, 7) is 6.23. The van der Waals surface area contributed by atoms with Crippen LogP contribution >= 0.6 is 11.8 Å². The van der Waals surface area contributed by atoms with Gasteiger partial charge in [-0.1, -0.05) is 36.4 Å². The number of aryl methyl sites for hydroxylation is 3. The number of Topliss-reactive ketones (excluding diaryl/α,β-unsaturated/α-hetero) is 1. The van der Waals surface area contributed by atoms with E-state index in [1.54, 1.807) is 11.8 Å². The van der Waals surface area contributed by atoms with Gasteiger partial charge in [0.25, 0.3) is 0 Å². The van der Waals surface area contributed by atoms with E-state index in [9.17, 15) is 4.79 Å². The van der Waals surface area contributed by atoms with Crippen molar-refractivity contribution >= 4 is 17.5 Å². The number of carbonyl (C=O) groups is 1. The Labute approximate surface area is 125 Å². The Balaban J connectivity index is 1.98. The number of thioether (sulfide) groups is 1.